The van der Waals surface area contributed by atoms with Gasteiger partial charge in [0.2, 0.25) is 0 Å². The predicted molar refractivity (Wildman–Crippen MR) is 236 cm³/mol. The number of hydrogen-bond donors (Lipinski definition) is 7. The number of amides is 2. The Morgan fingerprint density at radius 3 is 2.03 bits per heavy atom. The van der Waals surface area contributed by atoms with Crippen molar-refractivity contribution in [2.24, 2.45) is 0 Å². The van der Waals surface area contributed by atoms with Crippen LogP contribution in [-0.4, -0.2) is 116 Å². The Labute approximate surface area is 374 Å². The molecule has 0 aliphatic carbocycles. The molecular weight excluding hydrogens is 835 g/mol. The molecule has 65 heavy (non-hydrogen) atoms. The number of oxazole rings is 1. The lowest BCUT2D eigenvalue weighted by molar-refractivity contribution is 0.0187. The van der Waals surface area contributed by atoms with Crippen LogP contribution >= 0.6 is 0 Å². The van der Waals surface area contributed by atoms with Gasteiger partial charge in [-0.3, -0.25) is 0 Å². The molecule has 3 fully saturated rings. The number of carbonyl (C=O) groups is 2. The minimum absolute atomic E-state index is 0.190. The topological polar surface area (TPSA) is 231 Å². The number of aliphatic hydroxyl groups excluding tert-OH is 3. The molecule has 0 saturated carbocycles. The Morgan fingerprint density at radius 2 is 1.40 bits per heavy atom. The molecule has 0 radical (unpaired) electrons. The first-order valence-corrected chi connectivity index (χ1v) is 21.6. The molecule has 3 saturated heterocycles. The van der Waals surface area contributed by atoms with Gasteiger partial charge in [-0.25, -0.2) is 24.5 Å². The van der Waals surface area contributed by atoms with Crippen LogP contribution in [0.15, 0.2) is 121 Å². The molecule has 18 heteroatoms. The molecule has 6 heterocycles. The van der Waals surface area contributed by atoms with Crippen LogP contribution in [0.5, 0.6) is 5.75 Å². The van der Waals surface area contributed by atoms with Gasteiger partial charge < -0.3 is 64.7 Å². The number of anilines is 1. The number of nitrogens with one attached hydrogen (secondary N) is 4. The molecule has 18 nitrogen and oxygen atoms in total. The Bertz CT molecular complexity index is 2520. The minimum atomic E-state index is -0.855. The fraction of sp³-hybridized carbons (Fsp3) is 0.340. The monoisotopic (exact) mass is 885 g/mol. The Morgan fingerprint density at radius 1 is 0.754 bits per heavy atom. The van der Waals surface area contributed by atoms with Crippen molar-refractivity contribution >= 4 is 18.0 Å². The van der Waals surface area contributed by atoms with E-state index in [9.17, 15) is 24.9 Å². The lowest BCUT2D eigenvalue weighted by atomic mass is 10.00. The summed E-state index contributed by atoms with van der Waals surface area (Å²) in [6.45, 7) is 2.30. The van der Waals surface area contributed by atoms with Gasteiger partial charge >= 0.3 is 12.2 Å². The molecule has 3 aliphatic heterocycles. The quantitative estimate of drug-likeness (QED) is 0.0741. The van der Waals surface area contributed by atoms with E-state index in [2.05, 4.69) is 36.2 Å². The van der Waals surface area contributed by atoms with E-state index < -0.39 is 36.6 Å². The van der Waals surface area contributed by atoms with E-state index in [4.69, 9.17) is 18.6 Å². The molecule has 9 rings (SSSR count). The summed E-state index contributed by atoms with van der Waals surface area (Å²) in [5.74, 6) is 2.73. The highest BCUT2D eigenvalue weighted by Crippen LogP contribution is 2.24. The second-order valence-electron chi connectivity index (χ2n) is 16.5. The largest absolute Gasteiger partial charge is 0.486 e. The molecule has 338 valence electrons. The van der Waals surface area contributed by atoms with E-state index in [0.717, 1.165) is 39.3 Å². The van der Waals surface area contributed by atoms with Crippen LogP contribution in [0.4, 0.5) is 15.4 Å². The molecule has 7 N–H and O–H groups in total. The fourth-order valence-electron chi connectivity index (χ4n) is 8.34. The van der Waals surface area contributed by atoms with Crippen LogP contribution in [0.2, 0.25) is 0 Å². The number of aliphatic hydroxyl groups is 3. The summed E-state index contributed by atoms with van der Waals surface area (Å²) in [5, 5.41) is 43.1. The second kappa shape index (κ2) is 19.9. The molecule has 3 aliphatic rings. The van der Waals surface area contributed by atoms with Gasteiger partial charge in [0, 0.05) is 69.1 Å². The van der Waals surface area contributed by atoms with Crippen molar-refractivity contribution in [1.29, 1.82) is 0 Å². The Hall–Kier alpha value is -6.83. The SMILES string of the molecule is O=C(NCc1cccc(-n2ccnc2COc2ccc(C[C@H]3NC[C@H](O)[C@H]3OC(=O)NCc3ccnc(N4CC(O)C4)c3)cc2)c1)O[C@@H]1[C@@H](O)CN[C@@H]1Cc1ccc(-c2cnco2)cc1. The zero-order valence-electron chi connectivity index (χ0n) is 35.4. The Balaban J connectivity index is 0.729. The van der Waals surface area contributed by atoms with Crippen LogP contribution < -0.4 is 30.9 Å². The highest BCUT2D eigenvalue weighted by Gasteiger charge is 2.39. The molecule has 0 unspecified atom stereocenters. The summed E-state index contributed by atoms with van der Waals surface area (Å²) in [4.78, 5) is 40.6. The van der Waals surface area contributed by atoms with Crippen LogP contribution in [0.3, 0.4) is 0 Å². The first-order chi connectivity index (χ1) is 31.7. The normalized spacial score (nSPS) is 21.7. The highest BCUT2D eigenvalue weighted by molar-refractivity contribution is 5.68. The van der Waals surface area contributed by atoms with Gasteiger partial charge in [0.05, 0.1) is 24.4 Å². The smallest absolute Gasteiger partial charge is 0.407 e. The van der Waals surface area contributed by atoms with Crippen molar-refractivity contribution in [3.8, 4) is 22.8 Å². The van der Waals surface area contributed by atoms with E-state index in [-0.39, 0.29) is 37.9 Å². The average Bonchev–Trinajstić information content (AvgIpc) is 4.15. The van der Waals surface area contributed by atoms with Crippen LogP contribution in [-0.2, 0) is 42.0 Å². The van der Waals surface area contributed by atoms with Crippen molar-refractivity contribution in [3.63, 3.8) is 0 Å². The number of alkyl carbamates (subject to hydrolysis) is 2. The predicted octanol–water partition coefficient (Wildman–Crippen LogP) is 3.02. The number of ether oxygens (including phenoxy) is 3. The van der Waals surface area contributed by atoms with Gasteiger partial charge in [-0.15, -0.1) is 0 Å². The molecule has 0 spiro atoms. The third kappa shape index (κ3) is 10.8. The van der Waals surface area contributed by atoms with Crippen LogP contribution in [0, 0.1) is 0 Å². The standard InChI is InChI=1S/C47H51N9O9/c57-35-25-55(26-35)42-19-32(12-13-49-42)21-54-47(61)65-45-38(52-23-40(45)59)18-30-6-10-36(11-7-30)62-27-43-50-14-15-56(43)34-3-1-2-31(16-34)20-53-46(60)64-44-37(51-22-39(44)58)17-29-4-8-33(9-5-29)41-24-48-28-63-41/h1-16,19,24,28,35,37-40,44-45,51-52,57-59H,17-18,20-23,25-27H2,(H,53,60)(H,54,61)/t37-,38-,39+,40+,44+,45+/m1/s1. The lowest BCUT2D eigenvalue weighted by Gasteiger charge is -2.36. The molecule has 2 amide bonds. The van der Waals surface area contributed by atoms with E-state index in [1.807, 2.05) is 94.5 Å². The third-order valence-corrected chi connectivity index (χ3v) is 11.9. The van der Waals surface area contributed by atoms with Gasteiger partial charge in [0.1, 0.15) is 42.6 Å². The molecule has 3 aromatic heterocycles. The number of imidazole rings is 1. The van der Waals surface area contributed by atoms with Gasteiger partial charge in [-0.05, 0) is 71.5 Å². The maximum absolute atomic E-state index is 13.0. The van der Waals surface area contributed by atoms with Crippen molar-refractivity contribution in [3.05, 3.63) is 144 Å². The Kier molecular flexibility index (Phi) is 13.3. The number of β-amino-alcohol motifs (C(OH)–C–C–N with tert-alkyl or cyclic N) is 3. The first-order valence-electron chi connectivity index (χ1n) is 21.6. The lowest BCUT2D eigenvalue weighted by Crippen LogP contribution is -2.51. The van der Waals surface area contributed by atoms with Crippen LogP contribution in [0.1, 0.15) is 28.1 Å². The van der Waals surface area contributed by atoms with Crippen molar-refractivity contribution in [2.45, 2.75) is 75.1 Å². The van der Waals surface area contributed by atoms with Gasteiger partial charge in [-0.1, -0.05) is 48.5 Å². The average molecular weight is 886 g/mol. The third-order valence-electron chi connectivity index (χ3n) is 11.9. The van der Waals surface area contributed by atoms with E-state index in [1.165, 1.54) is 6.39 Å². The van der Waals surface area contributed by atoms with Crippen LogP contribution in [0.25, 0.3) is 17.0 Å². The number of rotatable bonds is 16. The van der Waals surface area contributed by atoms with Gasteiger partial charge in [0.25, 0.3) is 0 Å². The number of nitrogens with zero attached hydrogens (tertiary/aromatic N) is 5. The summed E-state index contributed by atoms with van der Waals surface area (Å²) < 4.78 is 24.9. The molecule has 6 aromatic rings. The van der Waals surface area contributed by atoms with Gasteiger partial charge in [-0.2, -0.15) is 0 Å². The van der Waals surface area contributed by atoms with E-state index in [1.54, 1.807) is 24.7 Å². The summed E-state index contributed by atoms with van der Waals surface area (Å²) in [5.41, 5.74) is 5.41. The van der Waals surface area contributed by atoms with Gasteiger partial charge in [0.15, 0.2) is 18.0 Å². The molecule has 0 bridgehead atoms. The number of aromatic nitrogens is 4. The molecule has 6 atom stereocenters. The molecular formula is C47H51N9O9. The highest BCUT2D eigenvalue weighted by atomic mass is 16.6. The number of hydrogen-bond acceptors (Lipinski definition) is 15. The zero-order chi connectivity index (χ0) is 44.7. The van der Waals surface area contributed by atoms with E-state index >= 15 is 0 Å². The summed E-state index contributed by atoms with van der Waals surface area (Å²) in [7, 11) is 0. The maximum Gasteiger partial charge on any atom is 0.407 e. The number of benzene rings is 3. The van der Waals surface area contributed by atoms with Crippen molar-refractivity contribution in [1.82, 2.24) is 40.8 Å². The number of pyridine rings is 1. The zero-order valence-corrected chi connectivity index (χ0v) is 35.4. The summed E-state index contributed by atoms with van der Waals surface area (Å²) >= 11 is 0. The first kappa shape index (κ1) is 43.4. The summed E-state index contributed by atoms with van der Waals surface area (Å²) in [6, 6.07) is 26.3. The minimum Gasteiger partial charge on any atom is -0.486 e. The summed E-state index contributed by atoms with van der Waals surface area (Å²) in [6.07, 6.45) is 4.57. The second-order valence-corrected chi connectivity index (χ2v) is 16.5. The fourth-order valence-corrected chi connectivity index (χ4v) is 8.34. The van der Waals surface area contributed by atoms with Crippen molar-refractivity contribution in [2.75, 3.05) is 31.1 Å². The maximum atomic E-state index is 13.0. The number of carbonyl (C=O) groups excluding carboxylic acids is 2. The van der Waals surface area contributed by atoms with E-state index in [0.29, 0.717) is 56.4 Å². The van der Waals surface area contributed by atoms with Crippen molar-refractivity contribution < 1.29 is 43.5 Å². The molecule has 3 aromatic carbocycles.